The molecule has 2 aromatic carbocycles. The number of anilines is 1. The number of alkyl halides is 1. The molecule has 4 saturated heterocycles. The number of ether oxygens (including phenoxy) is 1. The first-order chi connectivity index (χ1) is 22.2. The van der Waals surface area contributed by atoms with Crippen LogP contribution >= 0.6 is 0 Å². The Labute approximate surface area is 265 Å². The minimum absolute atomic E-state index is 0.00990. The lowest BCUT2D eigenvalue weighted by Gasteiger charge is -2.41. The average Bonchev–Trinajstić information content (AvgIpc) is 3.68. The average molecular weight is 631 g/mol. The minimum Gasteiger partial charge on any atom is -0.508 e. The van der Waals surface area contributed by atoms with E-state index in [1.54, 1.807) is 19.1 Å². The van der Waals surface area contributed by atoms with Crippen molar-refractivity contribution in [3.05, 3.63) is 47.2 Å². The Morgan fingerprint density at radius 3 is 2.85 bits per heavy atom. The second-order valence-corrected chi connectivity index (χ2v) is 14.2. The van der Waals surface area contributed by atoms with Crippen molar-refractivity contribution in [3.8, 4) is 23.0 Å². The number of fused-ring (bicyclic) bond motifs is 7. The van der Waals surface area contributed by atoms with Gasteiger partial charge in [0.2, 0.25) is 0 Å². The zero-order valence-corrected chi connectivity index (χ0v) is 26.0. The number of rotatable bonds is 4. The van der Waals surface area contributed by atoms with Crippen molar-refractivity contribution < 1.29 is 23.0 Å². The van der Waals surface area contributed by atoms with Gasteiger partial charge in [0.1, 0.15) is 41.4 Å². The molecule has 0 unspecified atom stereocenters. The van der Waals surface area contributed by atoms with Crippen LogP contribution < -0.4 is 15.0 Å². The maximum atomic E-state index is 17.1. The first-order valence-corrected chi connectivity index (χ1v) is 16.6. The summed E-state index contributed by atoms with van der Waals surface area (Å²) >= 11 is 0. The second kappa shape index (κ2) is 10.1. The van der Waals surface area contributed by atoms with Gasteiger partial charge in [-0.05, 0) is 80.1 Å². The standard InChI is InChI=1S/C35H37F3N6O2/c1-17-10-26-25-7-5-21(39-25)15-44(26)33-28-30(17)40-31(23-12-22(45)11-19-4-6-24(37)18(2)27(19)23)29(38)32(28)41-34(42-33)46-16-35-8-3-9-43(35)14-20(36)13-35/h4,6,11-12,17,20-21,25-26,39,45H,3,5,7-10,13-16H2,1-2H3/t17-,20+,21+,25-,26+,35-/m0/s1. The Hall–Kier alpha value is -3.70. The quantitative estimate of drug-likeness (QED) is 0.288. The number of nitrogens with zero attached hydrogens (tertiary/aromatic N) is 5. The number of halogens is 3. The summed E-state index contributed by atoms with van der Waals surface area (Å²) in [6.45, 7) is 5.96. The highest BCUT2D eigenvalue weighted by atomic mass is 19.1. The summed E-state index contributed by atoms with van der Waals surface area (Å²) in [7, 11) is 0. The number of aryl methyl sites for hydroxylation is 1. The Bertz CT molecular complexity index is 1920. The number of piperazine rings is 1. The van der Waals surface area contributed by atoms with E-state index in [1.807, 2.05) is 0 Å². The van der Waals surface area contributed by atoms with E-state index in [-0.39, 0.29) is 47.6 Å². The van der Waals surface area contributed by atoms with E-state index >= 15 is 4.39 Å². The molecule has 4 fully saturated rings. The predicted molar refractivity (Wildman–Crippen MR) is 169 cm³/mol. The zero-order chi connectivity index (χ0) is 31.5. The molecule has 2 N–H and O–H groups in total. The van der Waals surface area contributed by atoms with Crippen LogP contribution in [-0.2, 0) is 0 Å². The van der Waals surface area contributed by atoms with Crippen LogP contribution in [0.1, 0.15) is 62.6 Å². The highest BCUT2D eigenvalue weighted by Crippen LogP contribution is 2.47. The molecule has 0 spiro atoms. The van der Waals surface area contributed by atoms with Gasteiger partial charge in [0.25, 0.3) is 0 Å². The van der Waals surface area contributed by atoms with Crippen LogP contribution in [0.4, 0.5) is 19.0 Å². The first kappa shape index (κ1) is 28.5. The molecule has 240 valence electrons. The van der Waals surface area contributed by atoms with Gasteiger partial charge in [-0.2, -0.15) is 9.97 Å². The van der Waals surface area contributed by atoms with E-state index in [0.29, 0.717) is 57.8 Å². The largest absolute Gasteiger partial charge is 0.508 e. The summed E-state index contributed by atoms with van der Waals surface area (Å²) in [6.07, 6.45) is 4.24. The van der Waals surface area contributed by atoms with Crippen LogP contribution in [-0.4, -0.2) is 81.0 Å². The maximum absolute atomic E-state index is 17.1. The molecule has 9 rings (SSSR count). The Morgan fingerprint density at radius 1 is 1.11 bits per heavy atom. The molecule has 5 aliphatic heterocycles. The first-order valence-electron chi connectivity index (χ1n) is 16.6. The number of hydrogen-bond donors (Lipinski definition) is 2. The third kappa shape index (κ3) is 4.16. The van der Waals surface area contributed by atoms with Crippen molar-refractivity contribution in [2.24, 2.45) is 0 Å². The van der Waals surface area contributed by atoms with Gasteiger partial charge in [-0.15, -0.1) is 0 Å². The Kier molecular flexibility index (Phi) is 6.29. The van der Waals surface area contributed by atoms with Crippen molar-refractivity contribution in [2.75, 3.05) is 31.1 Å². The highest BCUT2D eigenvalue weighted by Gasteiger charge is 2.50. The molecule has 8 nitrogen and oxygen atoms in total. The van der Waals surface area contributed by atoms with Crippen LogP contribution in [0.5, 0.6) is 11.8 Å². The van der Waals surface area contributed by atoms with Gasteiger partial charge in [0, 0.05) is 49.1 Å². The van der Waals surface area contributed by atoms with Gasteiger partial charge in [0.05, 0.1) is 16.6 Å². The van der Waals surface area contributed by atoms with E-state index in [9.17, 15) is 13.9 Å². The molecular formula is C35H37F3N6O2. The SMILES string of the molecule is Cc1c(F)ccc2cc(O)cc(-c3nc4c5c(nc(OC[C@@]67CCCN6C[C@H](F)C7)nc5c3F)N3C[C@H]5CC[C@H](N5)[C@H]3C[C@@H]4C)c12. The van der Waals surface area contributed by atoms with Crippen LogP contribution in [0.2, 0.25) is 0 Å². The summed E-state index contributed by atoms with van der Waals surface area (Å²) in [6, 6.07) is 6.72. The molecule has 2 aromatic heterocycles. The smallest absolute Gasteiger partial charge is 0.319 e. The highest BCUT2D eigenvalue weighted by molar-refractivity contribution is 6.02. The van der Waals surface area contributed by atoms with Crippen molar-refractivity contribution >= 4 is 27.5 Å². The molecule has 5 aliphatic rings. The molecular weight excluding hydrogens is 593 g/mol. The lowest BCUT2D eigenvalue weighted by atomic mass is 9.91. The fraction of sp³-hybridized carbons (Fsp3) is 0.514. The predicted octanol–water partition coefficient (Wildman–Crippen LogP) is 5.91. The van der Waals surface area contributed by atoms with E-state index in [2.05, 4.69) is 22.0 Å². The molecule has 0 aliphatic carbocycles. The Morgan fingerprint density at radius 2 is 1.98 bits per heavy atom. The van der Waals surface area contributed by atoms with Gasteiger partial charge in [0.15, 0.2) is 5.82 Å². The lowest BCUT2D eigenvalue weighted by molar-refractivity contribution is 0.107. The Balaban J connectivity index is 1.26. The molecule has 6 atom stereocenters. The van der Waals surface area contributed by atoms with Gasteiger partial charge < -0.3 is 20.1 Å². The molecule has 0 saturated carbocycles. The van der Waals surface area contributed by atoms with Crippen molar-refractivity contribution in [1.82, 2.24) is 25.2 Å². The van der Waals surface area contributed by atoms with Crippen LogP contribution in [0.15, 0.2) is 24.3 Å². The van der Waals surface area contributed by atoms with Gasteiger partial charge in [-0.25, -0.2) is 18.2 Å². The van der Waals surface area contributed by atoms with Crippen molar-refractivity contribution in [3.63, 3.8) is 0 Å². The van der Waals surface area contributed by atoms with Crippen LogP contribution in [0.3, 0.4) is 0 Å². The molecule has 11 heteroatoms. The summed E-state index contributed by atoms with van der Waals surface area (Å²) in [5.74, 6) is -0.591. The van der Waals surface area contributed by atoms with E-state index in [1.165, 1.54) is 12.1 Å². The third-order valence-electron chi connectivity index (χ3n) is 11.4. The summed E-state index contributed by atoms with van der Waals surface area (Å²) in [4.78, 5) is 19.2. The fourth-order valence-electron chi connectivity index (χ4n) is 9.31. The number of benzene rings is 2. The number of nitrogens with one attached hydrogen (secondary N) is 1. The fourth-order valence-corrected chi connectivity index (χ4v) is 9.31. The minimum atomic E-state index is -0.899. The van der Waals surface area contributed by atoms with Gasteiger partial charge in [-0.3, -0.25) is 4.90 Å². The number of aromatic hydroxyl groups is 1. The van der Waals surface area contributed by atoms with E-state index < -0.39 is 23.3 Å². The van der Waals surface area contributed by atoms with Crippen molar-refractivity contribution in [2.45, 2.75) is 88.1 Å². The number of hydrogen-bond acceptors (Lipinski definition) is 8. The van der Waals surface area contributed by atoms with Gasteiger partial charge >= 0.3 is 6.01 Å². The summed E-state index contributed by atoms with van der Waals surface area (Å²) in [5, 5.41) is 16.1. The number of pyridine rings is 1. The molecule has 2 bridgehead atoms. The monoisotopic (exact) mass is 630 g/mol. The molecule has 46 heavy (non-hydrogen) atoms. The number of phenols is 1. The maximum Gasteiger partial charge on any atom is 0.319 e. The third-order valence-corrected chi connectivity index (χ3v) is 11.4. The number of aromatic nitrogens is 3. The van der Waals surface area contributed by atoms with E-state index in [4.69, 9.17) is 19.7 Å². The molecule has 0 amide bonds. The zero-order valence-electron chi connectivity index (χ0n) is 26.0. The van der Waals surface area contributed by atoms with Crippen molar-refractivity contribution in [1.29, 1.82) is 0 Å². The second-order valence-electron chi connectivity index (χ2n) is 14.2. The lowest BCUT2D eigenvalue weighted by Crippen LogP contribution is -2.58. The van der Waals surface area contributed by atoms with E-state index in [0.717, 1.165) is 45.2 Å². The summed E-state index contributed by atoms with van der Waals surface area (Å²) < 4.78 is 52.9. The van der Waals surface area contributed by atoms with Crippen LogP contribution in [0.25, 0.3) is 32.9 Å². The van der Waals surface area contributed by atoms with Gasteiger partial charge in [-0.1, -0.05) is 13.0 Å². The summed E-state index contributed by atoms with van der Waals surface area (Å²) in [5.41, 5.74) is 1.03. The molecule has 7 heterocycles. The topological polar surface area (TPSA) is 86.6 Å². The normalized spacial score (nSPS) is 30.2. The molecule has 0 radical (unpaired) electrons. The number of phenolic OH excluding ortho intramolecular Hbond substituents is 1. The van der Waals surface area contributed by atoms with Crippen LogP contribution in [0, 0.1) is 18.6 Å². The molecule has 4 aromatic rings.